The van der Waals surface area contributed by atoms with Crippen LogP contribution >= 0.6 is 34.8 Å². The van der Waals surface area contributed by atoms with Crippen LogP contribution in [0.5, 0.6) is 5.88 Å². The highest BCUT2D eigenvalue weighted by Crippen LogP contribution is 2.47. The van der Waals surface area contributed by atoms with Gasteiger partial charge in [-0.05, 0) is 49.0 Å². The first-order valence-electron chi connectivity index (χ1n) is 6.59. The standard InChI is InChI=1S/C13H14N2OS3/c1-2-11(17-5-1)18-13-12(14-19-15-13)16-10-7-8-3-4-9(10)6-8/h1-2,5,8-10H,3-4,6-7H2/t8-,9+,10+/m1/s1. The summed E-state index contributed by atoms with van der Waals surface area (Å²) >= 11 is 4.64. The van der Waals surface area contributed by atoms with Gasteiger partial charge in [-0.1, -0.05) is 17.8 Å². The molecule has 3 atom stereocenters. The summed E-state index contributed by atoms with van der Waals surface area (Å²) < 4.78 is 16.1. The molecule has 0 amide bonds. The van der Waals surface area contributed by atoms with Crippen LogP contribution < -0.4 is 4.74 Å². The first kappa shape index (κ1) is 12.2. The van der Waals surface area contributed by atoms with Gasteiger partial charge in [0.25, 0.3) is 5.88 Å². The molecule has 2 heterocycles. The Morgan fingerprint density at radius 3 is 3.00 bits per heavy atom. The van der Waals surface area contributed by atoms with Crippen LogP contribution in [0.15, 0.2) is 26.7 Å². The second-order valence-corrected chi connectivity index (χ2v) is 8.01. The number of aromatic nitrogens is 2. The molecular formula is C13H14N2OS3. The summed E-state index contributed by atoms with van der Waals surface area (Å²) in [4.78, 5) is 0. The maximum Gasteiger partial charge on any atom is 0.260 e. The van der Waals surface area contributed by atoms with Crippen LogP contribution in [0.1, 0.15) is 25.7 Å². The molecule has 19 heavy (non-hydrogen) atoms. The lowest BCUT2D eigenvalue weighted by atomic mass is 9.98. The molecule has 2 bridgehead atoms. The van der Waals surface area contributed by atoms with Crippen molar-refractivity contribution < 1.29 is 4.74 Å². The molecule has 0 aromatic carbocycles. The fourth-order valence-corrected chi connectivity index (χ4v) is 5.46. The molecule has 0 aliphatic heterocycles. The second kappa shape index (κ2) is 5.07. The Hall–Kier alpha value is -0.590. The number of nitrogens with zero attached hydrogens (tertiary/aromatic N) is 2. The minimum atomic E-state index is 0.380. The third kappa shape index (κ3) is 2.41. The van der Waals surface area contributed by atoms with Crippen molar-refractivity contribution in [2.75, 3.05) is 0 Å². The highest BCUT2D eigenvalue weighted by Gasteiger charge is 2.41. The molecule has 2 aliphatic rings. The van der Waals surface area contributed by atoms with Crippen molar-refractivity contribution in [2.24, 2.45) is 11.8 Å². The third-order valence-corrected chi connectivity index (χ3v) is 6.68. The molecular weight excluding hydrogens is 296 g/mol. The van der Waals surface area contributed by atoms with Crippen LogP contribution in [0.2, 0.25) is 0 Å². The average molecular weight is 310 g/mol. The Labute approximate surface area is 124 Å². The van der Waals surface area contributed by atoms with Gasteiger partial charge < -0.3 is 4.74 Å². The Morgan fingerprint density at radius 2 is 2.26 bits per heavy atom. The highest BCUT2D eigenvalue weighted by molar-refractivity contribution is 8.01. The Kier molecular flexibility index (Phi) is 3.25. The number of fused-ring (bicyclic) bond motifs is 2. The summed E-state index contributed by atoms with van der Waals surface area (Å²) in [5.74, 6) is 2.40. The molecule has 0 radical (unpaired) electrons. The lowest BCUT2D eigenvalue weighted by Crippen LogP contribution is -2.23. The van der Waals surface area contributed by atoms with Crippen LogP contribution in [-0.4, -0.2) is 14.9 Å². The van der Waals surface area contributed by atoms with Gasteiger partial charge in [-0.2, -0.15) is 4.37 Å². The average Bonchev–Trinajstić information content (AvgIpc) is 3.16. The van der Waals surface area contributed by atoms with Crippen LogP contribution in [0.3, 0.4) is 0 Å². The van der Waals surface area contributed by atoms with Gasteiger partial charge in [0, 0.05) is 0 Å². The summed E-state index contributed by atoms with van der Waals surface area (Å²) in [5, 5.41) is 3.01. The molecule has 2 aromatic heterocycles. The minimum absolute atomic E-state index is 0.380. The van der Waals surface area contributed by atoms with Crippen molar-refractivity contribution in [1.82, 2.24) is 8.75 Å². The summed E-state index contributed by atoms with van der Waals surface area (Å²) in [6.45, 7) is 0. The van der Waals surface area contributed by atoms with Gasteiger partial charge in [-0.15, -0.1) is 15.7 Å². The number of hydrogen-bond donors (Lipinski definition) is 0. The van der Waals surface area contributed by atoms with E-state index in [1.807, 2.05) is 0 Å². The first-order valence-corrected chi connectivity index (χ1v) is 9.01. The monoisotopic (exact) mass is 310 g/mol. The lowest BCUT2D eigenvalue weighted by Gasteiger charge is -2.21. The van der Waals surface area contributed by atoms with E-state index in [4.69, 9.17) is 4.74 Å². The summed E-state index contributed by atoms with van der Waals surface area (Å²) in [7, 11) is 0. The van der Waals surface area contributed by atoms with E-state index in [-0.39, 0.29) is 0 Å². The van der Waals surface area contributed by atoms with Crippen LogP contribution in [-0.2, 0) is 0 Å². The molecule has 100 valence electrons. The van der Waals surface area contributed by atoms with Crippen LogP contribution in [0, 0.1) is 11.8 Å². The number of rotatable bonds is 4. The van der Waals surface area contributed by atoms with Crippen LogP contribution in [0.25, 0.3) is 0 Å². The quantitative estimate of drug-likeness (QED) is 0.842. The van der Waals surface area contributed by atoms with Gasteiger partial charge in [0.2, 0.25) is 0 Å². The molecule has 3 nitrogen and oxygen atoms in total. The van der Waals surface area contributed by atoms with E-state index in [2.05, 4.69) is 26.3 Å². The zero-order valence-electron chi connectivity index (χ0n) is 10.3. The molecule has 6 heteroatoms. The van der Waals surface area contributed by atoms with Crippen molar-refractivity contribution in [3.05, 3.63) is 17.5 Å². The van der Waals surface area contributed by atoms with Gasteiger partial charge in [0.15, 0.2) is 5.03 Å². The van der Waals surface area contributed by atoms with Gasteiger partial charge in [-0.3, -0.25) is 0 Å². The first-order chi connectivity index (χ1) is 9.38. The van der Waals surface area contributed by atoms with E-state index >= 15 is 0 Å². The second-order valence-electron chi connectivity index (χ2n) is 5.24. The van der Waals surface area contributed by atoms with E-state index in [0.29, 0.717) is 6.10 Å². The lowest BCUT2D eigenvalue weighted by molar-refractivity contribution is 0.129. The van der Waals surface area contributed by atoms with E-state index in [0.717, 1.165) is 22.7 Å². The summed E-state index contributed by atoms with van der Waals surface area (Å²) in [5.41, 5.74) is 0. The Bertz CT molecular complexity index is 554. The maximum absolute atomic E-state index is 6.15. The fraction of sp³-hybridized carbons (Fsp3) is 0.538. The highest BCUT2D eigenvalue weighted by atomic mass is 32.2. The van der Waals surface area contributed by atoms with Gasteiger partial charge >= 0.3 is 0 Å². The van der Waals surface area contributed by atoms with E-state index in [9.17, 15) is 0 Å². The number of ether oxygens (including phenoxy) is 1. The summed E-state index contributed by atoms with van der Waals surface area (Å²) in [6.07, 6.45) is 5.68. The topological polar surface area (TPSA) is 35.0 Å². The van der Waals surface area contributed by atoms with Gasteiger partial charge in [0.05, 0.1) is 15.9 Å². The minimum Gasteiger partial charge on any atom is -0.471 e. The third-order valence-electron chi connectivity index (χ3n) is 4.06. The predicted molar refractivity (Wildman–Crippen MR) is 78.2 cm³/mol. The smallest absolute Gasteiger partial charge is 0.260 e. The SMILES string of the molecule is c1csc(Sc2nsnc2O[C@H]2C[C@@H]3CC[C@H]2C3)c1. The predicted octanol–water partition coefficient (Wildman–Crippen LogP) is 4.32. The van der Waals surface area contributed by atoms with Crippen molar-refractivity contribution >= 4 is 34.8 Å². The van der Waals surface area contributed by atoms with Crippen molar-refractivity contribution in [3.8, 4) is 5.88 Å². The molecule has 2 aliphatic carbocycles. The molecule has 0 N–H and O–H groups in total. The van der Waals surface area contributed by atoms with Gasteiger partial charge in [0.1, 0.15) is 6.10 Å². The maximum atomic E-state index is 6.15. The summed E-state index contributed by atoms with van der Waals surface area (Å²) in [6, 6.07) is 4.17. The number of hydrogen-bond acceptors (Lipinski definition) is 6. The Balaban J connectivity index is 1.48. The Morgan fingerprint density at radius 1 is 1.26 bits per heavy atom. The van der Waals surface area contributed by atoms with Gasteiger partial charge in [-0.25, -0.2) is 0 Å². The molecule has 0 spiro atoms. The molecule has 4 rings (SSSR count). The van der Waals surface area contributed by atoms with Crippen molar-refractivity contribution in [2.45, 2.75) is 41.0 Å². The zero-order chi connectivity index (χ0) is 12.7. The van der Waals surface area contributed by atoms with E-state index < -0.39 is 0 Å². The molecule has 0 saturated heterocycles. The molecule has 2 saturated carbocycles. The van der Waals surface area contributed by atoms with Crippen molar-refractivity contribution in [3.63, 3.8) is 0 Å². The number of thiophene rings is 1. The van der Waals surface area contributed by atoms with E-state index in [1.165, 1.54) is 41.6 Å². The van der Waals surface area contributed by atoms with Crippen LogP contribution in [0.4, 0.5) is 0 Å². The molecule has 2 aromatic rings. The zero-order valence-corrected chi connectivity index (χ0v) is 12.8. The molecule has 0 unspecified atom stereocenters. The normalized spacial score (nSPS) is 28.9. The van der Waals surface area contributed by atoms with Crippen molar-refractivity contribution in [1.29, 1.82) is 0 Å². The largest absolute Gasteiger partial charge is 0.471 e. The molecule has 2 fully saturated rings. The fourth-order valence-electron chi connectivity index (χ4n) is 3.20. The van der Waals surface area contributed by atoms with E-state index in [1.54, 1.807) is 23.1 Å².